The molecule has 0 aliphatic heterocycles. The molecule has 0 heterocycles. The Morgan fingerprint density at radius 2 is 0.556 bits per heavy atom. The predicted octanol–water partition coefficient (Wildman–Crippen LogP) is 0.777. The van der Waals surface area contributed by atoms with Crippen LogP contribution in [0.5, 0.6) is 0 Å². The molecule has 2 nitrogen and oxygen atoms in total. The van der Waals surface area contributed by atoms with Crippen molar-refractivity contribution in [2.45, 2.75) is 0 Å². The first-order chi connectivity index (χ1) is 3.46. The topological polar surface area (TPSA) is 6.48 Å². The summed E-state index contributed by atoms with van der Waals surface area (Å²) in [5.41, 5.74) is 0. The van der Waals surface area contributed by atoms with E-state index in [0.29, 0.717) is 0 Å². The summed E-state index contributed by atoms with van der Waals surface area (Å²) in [4.78, 5) is 4.00. The third-order valence-electron chi connectivity index (χ3n) is 0. The molecule has 0 unspecified atom stereocenters. The van der Waals surface area contributed by atoms with E-state index in [-0.39, 0.29) is 12.4 Å². The Morgan fingerprint density at radius 3 is 0.556 bits per heavy atom. The first kappa shape index (κ1) is 16.1. The van der Waals surface area contributed by atoms with Gasteiger partial charge in [-0.25, -0.2) is 0 Å². The molecular formula is C6H19ClN2. The molecule has 0 N–H and O–H groups in total. The highest BCUT2D eigenvalue weighted by atomic mass is 35.5. The third-order valence-corrected chi connectivity index (χ3v) is 0. The molecule has 9 heavy (non-hydrogen) atoms. The molecule has 0 rings (SSSR count). The van der Waals surface area contributed by atoms with E-state index in [0.717, 1.165) is 0 Å². The Kier molecular flexibility index (Phi) is 19.8. The molecule has 0 aliphatic rings. The molecule has 0 bridgehead atoms. The van der Waals surface area contributed by atoms with Crippen LogP contribution in [-0.4, -0.2) is 52.1 Å². The molecule has 0 amide bonds. The summed E-state index contributed by atoms with van der Waals surface area (Å²) in [6.07, 6.45) is 0. The highest BCUT2D eigenvalue weighted by molar-refractivity contribution is 5.85. The molecule has 0 saturated carbocycles. The summed E-state index contributed by atoms with van der Waals surface area (Å²) in [7, 11) is 12.0. The smallest absolute Gasteiger partial charge is 0.0140 e. The van der Waals surface area contributed by atoms with Crippen molar-refractivity contribution in [1.82, 2.24) is 9.80 Å². The Bertz CT molecular complexity index is 26.5. The quantitative estimate of drug-likeness (QED) is 0.509. The maximum Gasteiger partial charge on any atom is -0.0140 e. The van der Waals surface area contributed by atoms with E-state index in [1.54, 1.807) is 0 Å². The lowest BCUT2D eigenvalue weighted by Gasteiger charge is -1.90. The SMILES string of the molecule is CN(C)C.CN(C)C.Cl. The lowest BCUT2D eigenvalue weighted by molar-refractivity contribution is 0.505. The Hall–Kier alpha value is 0.210. The van der Waals surface area contributed by atoms with E-state index in [1.807, 2.05) is 52.1 Å². The fraction of sp³-hybridized carbons (Fsp3) is 1.00. The van der Waals surface area contributed by atoms with Gasteiger partial charge in [0.1, 0.15) is 0 Å². The molecule has 0 aromatic rings. The van der Waals surface area contributed by atoms with Gasteiger partial charge in [0, 0.05) is 0 Å². The second-order valence-corrected chi connectivity index (χ2v) is 2.68. The maximum atomic E-state index is 2.00. The summed E-state index contributed by atoms with van der Waals surface area (Å²) >= 11 is 0. The summed E-state index contributed by atoms with van der Waals surface area (Å²) in [6, 6.07) is 0. The zero-order chi connectivity index (χ0) is 7.15. The molecule has 0 fully saturated rings. The zero-order valence-electron chi connectivity index (χ0n) is 7.30. The number of hydrogen-bond donors (Lipinski definition) is 0. The number of rotatable bonds is 0. The number of hydrogen-bond acceptors (Lipinski definition) is 2. The average Bonchev–Trinajstić information content (AvgIpc) is 1.25. The summed E-state index contributed by atoms with van der Waals surface area (Å²) < 4.78 is 0. The van der Waals surface area contributed by atoms with Crippen LogP contribution in [0.15, 0.2) is 0 Å². The van der Waals surface area contributed by atoms with Crippen molar-refractivity contribution in [3.05, 3.63) is 0 Å². The minimum absolute atomic E-state index is 0. The molecule has 60 valence electrons. The minimum atomic E-state index is 0. The van der Waals surface area contributed by atoms with Crippen molar-refractivity contribution in [1.29, 1.82) is 0 Å². The first-order valence-corrected chi connectivity index (χ1v) is 2.68. The monoisotopic (exact) mass is 154 g/mol. The van der Waals surface area contributed by atoms with Gasteiger partial charge in [-0.15, -0.1) is 12.4 Å². The Labute approximate surface area is 65.2 Å². The van der Waals surface area contributed by atoms with Gasteiger partial charge >= 0.3 is 0 Å². The van der Waals surface area contributed by atoms with Crippen molar-refractivity contribution >= 4 is 12.4 Å². The summed E-state index contributed by atoms with van der Waals surface area (Å²) in [5, 5.41) is 0. The number of halogens is 1. The highest BCUT2D eigenvalue weighted by Gasteiger charge is 1.58. The molecule has 0 atom stereocenters. The van der Waals surface area contributed by atoms with Gasteiger partial charge in [0.15, 0.2) is 0 Å². The Morgan fingerprint density at radius 1 is 0.556 bits per heavy atom. The molecule has 3 heteroatoms. The van der Waals surface area contributed by atoms with Crippen LogP contribution in [0.1, 0.15) is 0 Å². The van der Waals surface area contributed by atoms with Crippen LogP contribution in [-0.2, 0) is 0 Å². The largest absolute Gasteiger partial charge is 0.312 e. The second-order valence-electron chi connectivity index (χ2n) is 2.68. The summed E-state index contributed by atoms with van der Waals surface area (Å²) in [5.74, 6) is 0. The lowest BCUT2D eigenvalue weighted by atomic mass is 11.0. The van der Waals surface area contributed by atoms with E-state index in [1.165, 1.54) is 0 Å². The van der Waals surface area contributed by atoms with E-state index >= 15 is 0 Å². The van der Waals surface area contributed by atoms with Gasteiger partial charge in [-0.1, -0.05) is 0 Å². The zero-order valence-corrected chi connectivity index (χ0v) is 8.12. The van der Waals surface area contributed by atoms with E-state index < -0.39 is 0 Å². The van der Waals surface area contributed by atoms with Gasteiger partial charge in [-0.05, 0) is 42.3 Å². The van der Waals surface area contributed by atoms with E-state index in [2.05, 4.69) is 0 Å². The van der Waals surface area contributed by atoms with Gasteiger partial charge in [-0.3, -0.25) is 0 Å². The Balaban J connectivity index is -0.0000000720. The van der Waals surface area contributed by atoms with Crippen LogP contribution in [0.2, 0.25) is 0 Å². The van der Waals surface area contributed by atoms with Crippen LogP contribution in [0.3, 0.4) is 0 Å². The predicted molar refractivity (Wildman–Crippen MR) is 46.5 cm³/mol. The first-order valence-electron chi connectivity index (χ1n) is 2.68. The van der Waals surface area contributed by atoms with Crippen LogP contribution in [0.25, 0.3) is 0 Å². The van der Waals surface area contributed by atoms with E-state index in [9.17, 15) is 0 Å². The molecule has 0 aromatic carbocycles. The average molecular weight is 155 g/mol. The van der Waals surface area contributed by atoms with Crippen molar-refractivity contribution in [2.24, 2.45) is 0 Å². The summed E-state index contributed by atoms with van der Waals surface area (Å²) in [6.45, 7) is 0. The van der Waals surface area contributed by atoms with Gasteiger partial charge in [0.25, 0.3) is 0 Å². The van der Waals surface area contributed by atoms with Crippen LogP contribution in [0, 0.1) is 0 Å². The molecular weight excluding hydrogens is 136 g/mol. The van der Waals surface area contributed by atoms with Gasteiger partial charge in [-0.2, -0.15) is 0 Å². The normalized spacial score (nSPS) is 8.00. The van der Waals surface area contributed by atoms with Crippen LogP contribution in [0.4, 0.5) is 0 Å². The fourth-order valence-electron chi connectivity index (χ4n) is 0. The fourth-order valence-corrected chi connectivity index (χ4v) is 0. The maximum absolute atomic E-state index is 2.00. The third kappa shape index (κ3) is 7180. The molecule has 0 aromatic heterocycles. The molecule has 0 aliphatic carbocycles. The van der Waals surface area contributed by atoms with E-state index in [4.69, 9.17) is 0 Å². The molecule has 0 spiro atoms. The van der Waals surface area contributed by atoms with Crippen molar-refractivity contribution < 1.29 is 0 Å². The lowest BCUT2D eigenvalue weighted by Crippen LogP contribution is -1.99. The van der Waals surface area contributed by atoms with Crippen LogP contribution >= 0.6 is 12.4 Å². The standard InChI is InChI=1S/2C3H9N.ClH/c2*1-4(2)3;/h2*1-3H3;1H. The second kappa shape index (κ2) is 11.1. The van der Waals surface area contributed by atoms with Crippen molar-refractivity contribution in [3.63, 3.8) is 0 Å². The van der Waals surface area contributed by atoms with Crippen molar-refractivity contribution in [3.8, 4) is 0 Å². The van der Waals surface area contributed by atoms with Gasteiger partial charge < -0.3 is 9.80 Å². The number of nitrogens with zero attached hydrogens (tertiary/aromatic N) is 2. The molecule has 0 saturated heterocycles. The van der Waals surface area contributed by atoms with Gasteiger partial charge in [0.2, 0.25) is 0 Å². The highest BCUT2D eigenvalue weighted by Crippen LogP contribution is 1.48. The van der Waals surface area contributed by atoms with Gasteiger partial charge in [0.05, 0.1) is 0 Å². The minimum Gasteiger partial charge on any atom is -0.312 e. The van der Waals surface area contributed by atoms with Crippen molar-refractivity contribution in [2.75, 3.05) is 42.3 Å². The van der Waals surface area contributed by atoms with Crippen LogP contribution < -0.4 is 0 Å². The molecule has 0 radical (unpaired) electrons.